The van der Waals surface area contributed by atoms with Crippen LogP contribution in [0.4, 0.5) is 11.4 Å². The van der Waals surface area contributed by atoms with Crippen LogP contribution in [-0.4, -0.2) is 77.3 Å². The first kappa shape index (κ1) is 33.2. The van der Waals surface area contributed by atoms with Crippen LogP contribution in [0.2, 0.25) is 5.02 Å². The van der Waals surface area contributed by atoms with Crippen molar-refractivity contribution < 1.29 is 29.0 Å². The van der Waals surface area contributed by atoms with Crippen LogP contribution < -0.4 is 14.5 Å². The highest BCUT2D eigenvalue weighted by Crippen LogP contribution is 2.59. The van der Waals surface area contributed by atoms with E-state index in [2.05, 4.69) is 0 Å². The maximum Gasteiger partial charge on any atom is 0.253 e. The number of hydrogen-bond donors (Lipinski definition) is 1. The zero-order chi connectivity index (χ0) is 33.7. The maximum atomic E-state index is 15.0. The van der Waals surface area contributed by atoms with Gasteiger partial charge >= 0.3 is 0 Å². The molecule has 9 nitrogen and oxygen atoms in total. The van der Waals surface area contributed by atoms with E-state index >= 15 is 9.59 Å². The van der Waals surface area contributed by atoms with Gasteiger partial charge in [-0.25, -0.2) is 0 Å². The van der Waals surface area contributed by atoms with E-state index in [1.807, 2.05) is 95.3 Å². The summed E-state index contributed by atoms with van der Waals surface area (Å²) in [6.07, 6.45) is 8.62. The summed E-state index contributed by atoms with van der Waals surface area (Å²) in [4.78, 5) is 49.7. The van der Waals surface area contributed by atoms with E-state index in [0.717, 1.165) is 5.56 Å². The predicted molar refractivity (Wildman–Crippen MR) is 182 cm³/mol. The Morgan fingerprint density at radius 3 is 2.30 bits per heavy atom. The maximum absolute atomic E-state index is 15.0. The number of nitrogens with zero attached hydrogens (tertiary/aromatic N) is 3. The minimum Gasteiger partial charge on any atom is -0.494 e. The monoisotopic (exact) mass is 661 g/mol. The van der Waals surface area contributed by atoms with Crippen molar-refractivity contribution in [2.24, 2.45) is 17.8 Å². The minimum atomic E-state index is -1.46. The summed E-state index contributed by atoms with van der Waals surface area (Å²) in [6.45, 7) is 10.4. The third-order valence-electron chi connectivity index (χ3n) is 10.6. The lowest BCUT2D eigenvalue weighted by atomic mass is 9.73. The van der Waals surface area contributed by atoms with E-state index in [0.29, 0.717) is 48.1 Å². The molecule has 0 aliphatic carbocycles. The molecule has 7 atom stereocenters. The number of aliphatic hydroxyl groups excluding tert-OH is 1. The average Bonchev–Trinajstić information content (AvgIpc) is 3.35. The summed E-state index contributed by atoms with van der Waals surface area (Å²) in [7, 11) is 0. The molecule has 1 unspecified atom stereocenters. The van der Waals surface area contributed by atoms with Gasteiger partial charge in [0.15, 0.2) is 0 Å². The van der Waals surface area contributed by atoms with Crippen molar-refractivity contribution in [1.82, 2.24) is 4.90 Å². The molecule has 4 aliphatic heterocycles. The highest BCUT2D eigenvalue weighted by Gasteiger charge is 2.76. The number of fused-ring (bicyclic) bond motifs is 2. The average molecular weight is 662 g/mol. The smallest absolute Gasteiger partial charge is 0.253 e. The van der Waals surface area contributed by atoms with Crippen molar-refractivity contribution in [2.75, 3.05) is 36.1 Å². The lowest BCUT2D eigenvalue weighted by Crippen LogP contribution is -2.60. The second-order valence-electron chi connectivity index (χ2n) is 13.0. The Kier molecular flexibility index (Phi) is 9.02. The summed E-state index contributed by atoms with van der Waals surface area (Å²) in [5.41, 5.74) is -0.532. The van der Waals surface area contributed by atoms with Crippen LogP contribution >= 0.6 is 11.6 Å². The van der Waals surface area contributed by atoms with Gasteiger partial charge in [0.25, 0.3) is 5.91 Å². The number of aliphatic hydroxyl groups is 1. The number of halogens is 1. The number of rotatable bonds is 9. The van der Waals surface area contributed by atoms with Gasteiger partial charge in [-0.15, -0.1) is 0 Å². The third-order valence-corrected chi connectivity index (χ3v) is 10.9. The topological polar surface area (TPSA) is 99.6 Å². The summed E-state index contributed by atoms with van der Waals surface area (Å²) >= 11 is 6.71. The van der Waals surface area contributed by atoms with E-state index in [1.54, 1.807) is 20.8 Å². The fourth-order valence-electron chi connectivity index (χ4n) is 8.16. The number of para-hydroxylation sites is 1. The Labute approximate surface area is 281 Å². The van der Waals surface area contributed by atoms with Gasteiger partial charge < -0.3 is 29.3 Å². The Hall–Kier alpha value is -3.66. The first-order valence-corrected chi connectivity index (χ1v) is 17.1. The minimum absolute atomic E-state index is 0.128. The first-order chi connectivity index (χ1) is 22.6. The van der Waals surface area contributed by atoms with Crippen LogP contribution in [0.15, 0.2) is 66.8 Å². The highest BCUT2D eigenvalue weighted by atomic mass is 35.5. The van der Waals surface area contributed by atoms with Gasteiger partial charge in [-0.3, -0.25) is 14.4 Å². The summed E-state index contributed by atoms with van der Waals surface area (Å²) < 4.78 is 12.8. The van der Waals surface area contributed by atoms with Crippen molar-refractivity contribution in [3.8, 4) is 5.75 Å². The van der Waals surface area contributed by atoms with E-state index in [1.165, 1.54) is 0 Å². The van der Waals surface area contributed by atoms with Gasteiger partial charge in [-0.2, -0.15) is 0 Å². The molecular formula is C37H44ClN3O6. The van der Waals surface area contributed by atoms with E-state index < -0.39 is 35.1 Å². The van der Waals surface area contributed by atoms with Crippen molar-refractivity contribution >= 4 is 40.7 Å². The molecule has 0 radical (unpaired) electrons. The van der Waals surface area contributed by atoms with Crippen LogP contribution in [0.3, 0.4) is 0 Å². The number of anilines is 2. The second-order valence-corrected chi connectivity index (χ2v) is 13.4. The number of hydrogen-bond acceptors (Lipinski definition) is 6. The van der Waals surface area contributed by atoms with Crippen molar-refractivity contribution in [2.45, 2.75) is 70.7 Å². The zero-order valence-electron chi connectivity index (χ0n) is 27.7. The van der Waals surface area contributed by atoms with E-state index in [9.17, 15) is 9.90 Å². The molecule has 2 saturated heterocycles. The molecule has 2 aromatic rings. The molecule has 0 aromatic heterocycles. The lowest BCUT2D eigenvalue weighted by molar-refractivity contribution is -0.150. The van der Waals surface area contributed by atoms with Gasteiger partial charge in [0.2, 0.25) is 11.8 Å². The molecule has 2 fully saturated rings. The SMILES string of the molecule is CCOc1ccc(N2CC=C[C@@]3(CC)O[C@]45C=CCN(c6c(C)cccc6Cl)C(=O)C4N([C@@H](CO)[C@@H](C)CC)C(=O)[C@@H]5[C@H]3C2=O)cc1. The Balaban J connectivity index is 1.51. The molecule has 2 aromatic carbocycles. The lowest BCUT2D eigenvalue weighted by Gasteiger charge is -2.42. The van der Waals surface area contributed by atoms with Crippen molar-refractivity contribution in [3.05, 3.63) is 77.4 Å². The van der Waals surface area contributed by atoms with Gasteiger partial charge in [0, 0.05) is 18.8 Å². The Bertz CT molecular complexity index is 1590. The van der Waals surface area contributed by atoms with Crippen molar-refractivity contribution in [3.63, 3.8) is 0 Å². The summed E-state index contributed by atoms with van der Waals surface area (Å²) in [5, 5.41) is 11.2. The van der Waals surface area contributed by atoms with Crippen LogP contribution in [0.1, 0.15) is 46.1 Å². The van der Waals surface area contributed by atoms with Gasteiger partial charge in [0.1, 0.15) is 17.4 Å². The zero-order valence-corrected chi connectivity index (χ0v) is 28.4. The molecule has 1 N–H and O–H groups in total. The van der Waals surface area contributed by atoms with Gasteiger partial charge in [-0.05, 0) is 62.1 Å². The molecule has 1 spiro atoms. The first-order valence-electron chi connectivity index (χ1n) is 16.7. The normalized spacial score (nSPS) is 29.7. The van der Waals surface area contributed by atoms with Crippen LogP contribution in [0.25, 0.3) is 0 Å². The fourth-order valence-corrected chi connectivity index (χ4v) is 8.48. The van der Waals surface area contributed by atoms with E-state index in [4.69, 9.17) is 21.1 Å². The summed E-state index contributed by atoms with van der Waals surface area (Å²) in [6, 6.07) is 11.0. The molecule has 47 heavy (non-hydrogen) atoms. The number of benzene rings is 2. The standard InChI is InChI=1S/C37H44ClN3O6/c1-6-23(4)28(22-42)41-32-35(45)40(31-24(5)12-9-13-27(31)38)21-11-19-37(32)30(34(41)44)29-33(43)39(20-10-18-36(29,7-2)47-37)25-14-16-26(17-15-25)46-8-3/h9-19,23,28-30,32,42H,6-8,20-22H2,1-5H3/t23-,28-,29-,30-,32?,36+,37-/m0/s1. The molecule has 4 heterocycles. The van der Waals surface area contributed by atoms with Crippen LogP contribution in [0.5, 0.6) is 5.75 Å². The molecular weight excluding hydrogens is 618 g/mol. The summed E-state index contributed by atoms with van der Waals surface area (Å²) in [5.74, 6) is -2.31. The number of carbonyl (C=O) groups excluding carboxylic acids is 3. The molecule has 250 valence electrons. The van der Waals surface area contributed by atoms with Gasteiger partial charge in [-0.1, -0.05) is 75.2 Å². The van der Waals surface area contributed by atoms with Crippen LogP contribution in [0, 0.1) is 24.7 Å². The molecule has 10 heteroatoms. The largest absolute Gasteiger partial charge is 0.494 e. The molecule has 6 rings (SSSR count). The van der Waals surface area contributed by atoms with Crippen molar-refractivity contribution in [1.29, 1.82) is 0 Å². The third kappa shape index (κ3) is 5.09. The molecule has 0 bridgehead atoms. The molecule has 4 aliphatic rings. The van der Waals surface area contributed by atoms with Crippen LogP contribution in [-0.2, 0) is 19.1 Å². The fraction of sp³-hybridized carbons (Fsp3) is 0.486. The number of likely N-dealkylation sites (tertiary alicyclic amines) is 1. The highest BCUT2D eigenvalue weighted by molar-refractivity contribution is 6.34. The predicted octanol–water partition coefficient (Wildman–Crippen LogP) is 5.32. The quantitative estimate of drug-likeness (QED) is 0.365. The number of ether oxygens (including phenoxy) is 2. The number of amides is 3. The molecule has 0 saturated carbocycles. The number of aryl methyl sites for hydroxylation is 1. The van der Waals surface area contributed by atoms with Gasteiger partial charge in [0.05, 0.1) is 47.4 Å². The Morgan fingerprint density at radius 1 is 0.957 bits per heavy atom. The molecule has 3 amide bonds. The Morgan fingerprint density at radius 2 is 1.66 bits per heavy atom. The number of carbonyl (C=O) groups is 3. The second kappa shape index (κ2) is 12.7. The van der Waals surface area contributed by atoms with E-state index in [-0.39, 0.29) is 36.8 Å².